The van der Waals surface area contributed by atoms with Crippen LogP contribution in [0.1, 0.15) is 36.8 Å². The van der Waals surface area contributed by atoms with E-state index in [0.717, 1.165) is 4.47 Å². The number of carbonyl (C=O) groups is 3. The van der Waals surface area contributed by atoms with Crippen LogP contribution in [0, 0.1) is 0 Å². The van der Waals surface area contributed by atoms with Crippen LogP contribution in [0.4, 0.5) is 5.69 Å². The van der Waals surface area contributed by atoms with Crippen molar-refractivity contribution in [3.05, 3.63) is 112 Å². The fraction of sp³-hybridized carbons (Fsp3) is 0.0370. The van der Waals surface area contributed by atoms with Gasteiger partial charge in [0.2, 0.25) is 5.76 Å². The highest BCUT2D eigenvalue weighted by molar-refractivity contribution is 9.10. The number of hydrazone groups is 1. The Balaban J connectivity index is 1.37. The summed E-state index contributed by atoms with van der Waals surface area (Å²) in [5, 5.41) is 6.74. The van der Waals surface area contributed by atoms with Crippen LogP contribution < -0.4 is 20.2 Å². The van der Waals surface area contributed by atoms with E-state index < -0.39 is 11.9 Å². The molecule has 0 fully saturated rings. The van der Waals surface area contributed by atoms with Crippen LogP contribution in [0.25, 0.3) is 0 Å². The summed E-state index contributed by atoms with van der Waals surface area (Å²) >= 11 is 3.33. The maximum atomic E-state index is 12.6. The lowest BCUT2D eigenvalue weighted by Gasteiger charge is -2.09. The zero-order valence-corrected chi connectivity index (χ0v) is 21.0. The summed E-state index contributed by atoms with van der Waals surface area (Å²) in [6.07, 6.45) is 2.79. The normalized spacial score (nSPS) is 10.6. The summed E-state index contributed by atoms with van der Waals surface area (Å²) in [6.45, 7) is 0. The SMILES string of the molecule is COc1cc(C=NNC(=O)c2cccc(NC(=O)c3ccc(Br)cc3)c2)ccc1OC(=O)c1ccco1. The van der Waals surface area contributed by atoms with Crippen molar-refractivity contribution in [3.63, 3.8) is 0 Å². The first-order chi connectivity index (χ1) is 17.9. The molecular formula is C27H20BrN3O6. The van der Waals surface area contributed by atoms with Gasteiger partial charge in [0.25, 0.3) is 11.8 Å². The lowest BCUT2D eigenvalue weighted by atomic mass is 10.1. The van der Waals surface area contributed by atoms with Crippen molar-refractivity contribution in [1.82, 2.24) is 5.43 Å². The van der Waals surface area contributed by atoms with Gasteiger partial charge in [-0.15, -0.1) is 0 Å². The molecule has 0 spiro atoms. The highest BCUT2D eigenvalue weighted by Crippen LogP contribution is 2.28. The van der Waals surface area contributed by atoms with Gasteiger partial charge < -0.3 is 19.2 Å². The molecule has 186 valence electrons. The van der Waals surface area contributed by atoms with Gasteiger partial charge >= 0.3 is 5.97 Å². The third-order valence-corrected chi connectivity index (χ3v) is 5.51. The number of halogens is 1. The van der Waals surface area contributed by atoms with Crippen LogP contribution in [-0.2, 0) is 0 Å². The van der Waals surface area contributed by atoms with Crippen LogP contribution in [0.2, 0.25) is 0 Å². The topological polar surface area (TPSA) is 119 Å². The van der Waals surface area contributed by atoms with Crippen molar-refractivity contribution >= 4 is 45.6 Å². The van der Waals surface area contributed by atoms with Gasteiger partial charge in [-0.05, 0) is 78.4 Å². The third kappa shape index (κ3) is 6.71. The van der Waals surface area contributed by atoms with E-state index in [1.165, 1.54) is 25.7 Å². The first-order valence-corrected chi connectivity index (χ1v) is 11.7. The van der Waals surface area contributed by atoms with E-state index >= 15 is 0 Å². The van der Waals surface area contributed by atoms with Gasteiger partial charge in [0.1, 0.15) is 0 Å². The van der Waals surface area contributed by atoms with E-state index in [1.807, 2.05) is 0 Å². The fourth-order valence-corrected chi connectivity index (χ4v) is 3.43. The van der Waals surface area contributed by atoms with E-state index in [9.17, 15) is 14.4 Å². The van der Waals surface area contributed by atoms with Gasteiger partial charge in [-0.3, -0.25) is 9.59 Å². The Morgan fingerprint density at radius 1 is 0.892 bits per heavy atom. The second kappa shape index (κ2) is 11.8. The van der Waals surface area contributed by atoms with E-state index in [2.05, 4.69) is 31.8 Å². The molecule has 4 aromatic rings. The molecule has 0 saturated heterocycles. The number of ether oxygens (including phenoxy) is 2. The predicted octanol–water partition coefficient (Wildman–Crippen LogP) is 5.29. The maximum Gasteiger partial charge on any atom is 0.379 e. The number of carbonyl (C=O) groups excluding carboxylic acids is 3. The Hall–Kier alpha value is -4.70. The number of methoxy groups -OCH3 is 1. The predicted molar refractivity (Wildman–Crippen MR) is 140 cm³/mol. The Bertz CT molecular complexity index is 1450. The molecule has 9 nitrogen and oxygen atoms in total. The molecule has 0 aliphatic rings. The average Bonchev–Trinajstić information content (AvgIpc) is 3.45. The largest absolute Gasteiger partial charge is 0.493 e. The molecule has 0 aliphatic heterocycles. The summed E-state index contributed by atoms with van der Waals surface area (Å²) in [5.41, 5.74) is 4.29. The van der Waals surface area contributed by atoms with Crippen molar-refractivity contribution in [2.45, 2.75) is 0 Å². The maximum absolute atomic E-state index is 12.6. The minimum atomic E-state index is -0.660. The summed E-state index contributed by atoms with van der Waals surface area (Å²) in [4.78, 5) is 37.1. The molecule has 0 saturated carbocycles. The van der Waals surface area contributed by atoms with Crippen LogP contribution in [0.5, 0.6) is 11.5 Å². The zero-order valence-electron chi connectivity index (χ0n) is 19.4. The highest BCUT2D eigenvalue weighted by Gasteiger charge is 2.15. The van der Waals surface area contributed by atoms with E-state index in [-0.39, 0.29) is 17.4 Å². The molecule has 1 heterocycles. The summed E-state index contributed by atoms with van der Waals surface area (Å²) in [7, 11) is 1.44. The minimum Gasteiger partial charge on any atom is -0.493 e. The van der Waals surface area contributed by atoms with Gasteiger partial charge in [0.15, 0.2) is 11.5 Å². The van der Waals surface area contributed by atoms with E-state index in [1.54, 1.807) is 72.8 Å². The van der Waals surface area contributed by atoms with E-state index in [4.69, 9.17) is 13.9 Å². The first kappa shape index (κ1) is 25.4. The average molecular weight is 562 g/mol. The van der Waals surface area contributed by atoms with Gasteiger partial charge in [-0.1, -0.05) is 22.0 Å². The molecule has 0 radical (unpaired) electrons. The highest BCUT2D eigenvalue weighted by atomic mass is 79.9. The van der Waals surface area contributed by atoms with Crippen molar-refractivity contribution in [2.75, 3.05) is 12.4 Å². The van der Waals surface area contributed by atoms with Gasteiger partial charge in [-0.2, -0.15) is 5.10 Å². The number of anilines is 1. The van der Waals surface area contributed by atoms with Crippen molar-refractivity contribution in [1.29, 1.82) is 0 Å². The number of nitrogens with one attached hydrogen (secondary N) is 2. The second-order valence-corrected chi connectivity index (χ2v) is 8.43. The molecule has 37 heavy (non-hydrogen) atoms. The molecule has 4 rings (SSSR count). The Morgan fingerprint density at radius 3 is 2.43 bits per heavy atom. The van der Waals surface area contributed by atoms with Crippen molar-refractivity contribution < 1.29 is 28.3 Å². The van der Waals surface area contributed by atoms with Gasteiger partial charge in [-0.25, -0.2) is 10.2 Å². The third-order valence-electron chi connectivity index (χ3n) is 4.98. The molecule has 10 heteroatoms. The lowest BCUT2D eigenvalue weighted by molar-refractivity contribution is 0.0696. The number of hydrogen-bond donors (Lipinski definition) is 2. The summed E-state index contributed by atoms with van der Waals surface area (Å²) < 4.78 is 16.5. The lowest BCUT2D eigenvalue weighted by Crippen LogP contribution is -2.18. The van der Waals surface area contributed by atoms with Gasteiger partial charge in [0, 0.05) is 21.3 Å². The molecule has 0 atom stereocenters. The summed E-state index contributed by atoms with van der Waals surface area (Å²) in [5.74, 6) is -0.863. The Morgan fingerprint density at radius 2 is 1.70 bits per heavy atom. The smallest absolute Gasteiger partial charge is 0.379 e. The number of esters is 1. The number of rotatable bonds is 8. The number of furan rings is 1. The number of hydrogen-bond acceptors (Lipinski definition) is 7. The standard InChI is InChI=1S/C27H20BrN3O6/c1-35-24-14-17(7-12-22(24)37-27(34)23-6-3-13-36-23)16-29-31-26(33)19-4-2-5-21(15-19)30-25(32)18-8-10-20(28)11-9-18/h2-16H,1H3,(H,30,32)(H,31,33). The molecule has 0 bridgehead atoms. The second-order valence-electron chi connectivity index (χ2n) is 7.52. The Labute approximate surface area is 220 Å². The molecule has 0 aliphatic carbocycles. The minimum absolute atomic E-state index is 0.0624. The molecular weight excluding hydrogens is 542 g/mol. The van der Waals surface area contributed by atoms with Crippen molar-refractivity contribution in [3.8, 4) is 11.5 Å². The number of benzene rings is 3. The number of amides is 2. The Kier molecular flexibility index (Phi) is 8.11. The quantitative estimate of drug-likeness (QED) is 0.131. The van der Waals surface area contributed by atoms with Crippen LogP contribution in [0.3, 0.4) is 0 Å². The molecule has 2 amide bonds. The molecule has 3 aromatic carbocycles. The molecule has 2 N–H and O–H groups in total. The first-order valence-electron chi connectivity index (χ1n) is 10.9. The van der Waals surface area contributed by atoms with Crippen LogP contribution >= 0.6 is 15.9 Å². The number of nitrogens with zero attached hydrogens (tertiary/aromatic N) is 1. The molecule has 1 aromatic heterocycles. The zero-order chi connectivity index (χ0) is 26.2. The van der Waals surface area contributed by atoms with Crippen molar-refractivity contribution in [2.24, 2.45) is 5.10 Å². The fourth-order valence-electron chi connectivity index (χ4n) is 3.17. The summed E-state index contributed by atoms with van der Waals surface area (Å²) in [6, 6.07) is 21.3. The van der Waals surface area contributed by atoms with Crippen LogP contribution in [0.15, 0.2) is 99.1 Å². The van der Waals surface area contributed by atoms with E-state index in [0.29, 0.717) is 28.1 Å². The van der Waals surface area contributed by atoms with Crippen LogP contribution in [-0.4, -0.2) is 31.1 Å². The molecule has 0 unspecified atom stereocenters. The van der Waals surface area contributed by atoms with Gasteiger partial charge in [0.05, 0.1) is 19.6 Å². The monoisotopic (exact) mass is 561 g/mol.